The van der Waals surface area contributed by atoms with E-state index in [1.165, 1.54) is 31.4 Å². The fourth-order valence-corrected chi connectivity index (χ4v) is 5.31. The highest BCUT2D eigenvalue weighted by molar-refractivity contribution is 5.92. The fraction of sp³-hybridized carbons (Fsp3) is 0.393. The highest BCUT2D eigenvalue weighted by Gasteiger charge is 2.20. The second-order valence-corrected chi connectivity index (χ2v) is 9.74. The lowest BCUT2D eigenvalue weighted by molar-refractivity contribution is 0.0332. The number of rotatable bonds is 5. The van der Waals surface area contributed by atoms with E-state index < -0.39 is 11.6 Å². The van der Waals surface area contributed by atoms with E-state index in [4.69, 9.17) is 9.72 Å². The summed E-state index contributed by atoms with van der Waals surface area (Å²) in [5.74, 6) is -1.10. The zero-order valence-corrected chi connectivity index (χ0v) is 20.2. The van der Waals surface area contributed by atoms with Crippen LogP contribution in [-0.4, -0.2) is 51.0 Å². The molecule has 6 rings (SSSR count). The van der Waals surface area contributed by atoms with Gasteiger partial charge in [-0.05, 0) is 36.6 Å². The third-order valence-electron chi connectivity index (χ3n) is 7.36. The van der Waals surface area contributed by atoms with Gasteiger partial charge in [-0.2, -0.15) is 5.10 Å². The third kappa shape index (κ3) is 4.63. The van der Waals surface area contributed by atoms with Crippen LogP contribution in [0.3, 0.4) is 0 Å². The molecule has 3 heterocycles. The Morgan fingerprint density at radius 3 is 2.50 bits per heavy atom. The Bertz CT molecular complexity index is 1350. The Kier molecular flexibility index (Phi) is 6.46. The molecule has 0 radical (unpaired) electrons. The van der Waals surface area contributed by atoms with Crippen molar-refractivity contribution in [3.8, 4) is 22.4 Å². The molecule has 1 aliphatic heterocycles. The van der Waals surface area contributed by atoms with Gasteiger partial charge in [-0.15, -0.1) is 0 Å². The van der Waals surface area contributed by atoms with Crippen molar-refractivity contribution < 1.29 is 13.5 Å². The van der Waals surface area contributed by atoms with Crippen LogP contribution >= 0.6 is 0 Å². The van der Waals surface area contributed by atoms with Gasteiger partial charge in [0.05, 0.1) is 48.4 Å². The molecular weight excluding hydrogens is 460 g/mol. The molecule has 0 bridgehead atoms. The van der Waals surface area contributed by atoms with Gasteiger partial charge in [-0.25, -0.2) is 13.8 Å². The molecule has 1 saturated carbocycles. The molecule has 0 N–H and O–H groups in total. The SMILES string of the molecule is Fc1cc(-c2cccc3ncc(-c4cnn(C5CCCCC5)c4)nc23)cc(F)c1CN1CCOCC1. The number of aromatic nitrogens is 4. The summed E-state index contributed by atoms with van der Waals surface area (Å²) in [5, 5.41) is 4.60. The van der Waals surface area contributed by atoms with Crippen LogP contribution in [0.25, 0.3) is 33.4 Å². The first-order chi connectivity index (χ1) is 17.7. The summed E-state index contributed by atoms with van der Waals surface area (Å²) in [6.45, 7) is 2.72. The zero-order chi connectivity index (χ0) is 24.5. The number of halogens is 2. The van der Waals surface area contributed by atoms with Gasteiger partial charge < -0.3 is 4.74 Å². The van der Waals surface area contributed by atoms with Crippen molar-refractivity contribution in [2.24, 2.45) is 0 Å². The monoisotopic (exact) mass is 489 g/mol. The van der Waals surface area contributed by atoms with Crippen molar-refractivity contribution in [3.63, 3.8) is 0 Å². The zero-order valence-electron chi connectivity index (χ0n) is 20.2. The van der Waals surface area contributed by atoms with E-state index in [0.29, 0.717) is 60.2 Å². The number of hydrogen-bond donors (Lipinski definition) is 0. The topological polar surface area (TPSA) is 56.1 Å². The van der Waals surface area contributed by atoms with Crippen LogP contribution < -0.4 is 0 Å². The average molecular weight is 490 g/mol. The van der Waals surface area contributed by atoms with Crippen molar-refractivity contribution in [2.45, 2.75) is 44.7 Å². The fourth-order valence-electron chi connectivity index (χ4n) is 5.31. The Balaban J connectivity index is 1.33. The second-order valence-electron chi connectivity index (χ2n) is 9.74. The minimum atomic E-state index is -0.550. The molecule has 0 spiro atoms. The van der Waals surface area contributed by atoms with E-state index >= 15 is 8.78 Å². The van der Waals surface area contributed by atoms with E-state index in [-0.39, 0.29) is 12.1 Å². The van der Waals surface area contributed by atoms with Gasteiger partial charge in [0.25, 0.3) is 0 Å². The molecule has 4 aromatic rings. The molecule has 1 saturated heterocycles. The molecule has 2 aromatic heterocycles. The number of morpholine rings is 1. The van der Waals surface area contributed by atoms with Crippen LogP contribution in [0.15, 0.2) is 48.9 Å². The molecule has 2 aliphatic rings. The molecule has 0 atom stereocenters. The van der Waals surface area contributed by atoms with Crippen molar-refractivity contribution >= 4 is 11.0 Å². The maximum absolute atomic E-state index is 15.1. The van der Waals surface area contributed by atoms with E-state index in [9.17, 15) is 0 Å². The minimum absolute atomic E-state index is 0.0859. The minimum Gasteiger partial charge on any atom is -0.379 e. The van der Waals surface area contributed by atoms with Gasteiger partial charge in [0, 0.05) is 42.5 Å². The van der Waals surface area contributed by atoms with E-state index in [2.05, 4.69) is 10.1 Å². The van der Waals surface area contributed by atoms with Gasteiger partial charge in [0.15, 0.2) is 0 Å². The summed E-state index contributed by atoms with van der Waals surface area (Å²) in [5.41, 5.74) is 4.06. The quantitative estimate of drug-likeness (QED) is 0.356. The number of para-hydroxylation sites is 1. The number of fused-ring (bicyclic) bond motifs is 1. The number of ether oxygens (including phenoxy) is 1. The molecule has 6 nitrogen and oxygen atoms in total. The summed E-state index contributed by atoms with van der Waals surface area (Å²) >= 11 is 0. The Labute approximate surface area is 208 Å². The molecular formula is C28H29F2N5O. The van der Waals surface area contributed by atoms with Crippen LogP contribution in [0.4, 0.5) is 8.78 Å². The normalized spacial score (nSPS) is 17.6. The van der Waals surface area contributed by atoms with Crippen LogP contribution in [0.1, 0.15) is 43.7 Å². The standard InChI is InChI=1S/C28H29F2N5O/c29-24-13-19(14-25(30)23(24)18-34-9-11-36-12-10-34)22-7-4-8-26-28(22)33-27(16-31-26)20-15-32-35(17-20)21-5-2-1-3-6-21/h4,7-8,13-17,21H,1-3,5-6,9-12,18H2. The van der Waals surface area contributed by atoms with Crippen molar-refractivity contribution in [1.29, 1.82) is 0 Å². The Hall–Kier alpha value is -3.23. The summed E-state index contributed by atoms with van der Waals surface area (Å²) < 4.78 is 37.6. The maximum atomic E-state index is 15.1. The number of nitrogens with zero attached hydrogens (tertiary/aromatic N) is 5. The molecule has 1 aliphatic carbocycles. The number of hydrogen-bond acceptors (Lipinski definition) is 5. The van der Waals surface area contributed by atoms with E-state index in [0.717, 1.165) is 18.4 Å². The molecule has 2 aromatic carbocycles. The lowest BCUT2D eigenvalue weighted by Crippen LogP contribution is -2.36. The molecule has 2 fully saturated rings. The van der Waals surface area contributed by atoms with E-state index in [1.807, 2.05) is 40.2 Å². The van der Waals surface area contributed by atoms with Gasteiger partial charge in [0.2, 0.25) is 0 Å². The first kappa shape index (κ1) is 23.2. The van der Waals surface area contributed by atoms with Crippen LogP contribution in [-0.2, 0) is 11.3 Å². The molecule has 8 heteroatoms. The predicted octanol–water partition coefficient (Wildman–Crippen LogP) is 5.78. The molecule has 0 amide bonds. The van der Waals surface area contributed by atoms with Crippen LogP contribution in [0.5, 0.6) is 0 Å². The number of benzene rings is 2. The Morgan fingerprint density at radius 1 is 0.944 bits per heavy atom. The van der Waals surface area contributed by atoms with Crippen LogP contribution in [0, 0.1) is 11.6 Å². The highest BCUT2D eigenvalue weighted by Crippen LogP contribution is 2.32. The smallest absolute Gasteiger partial charge is 0.131 e. The largest absolute Gasteiger partial charge is 0.379 e. The van der Waals surface area contributed by atoms with E-state index in [1.54, 1.807) is 6.20 Å². The van der Waals surface area contributed by atoms with Crippen LogP contribution in [0.2, 0.25) is 0 Å². The first-order valence-electron chi connectivity index (χ1n) is 12.7. The second kappa shape index (κ2) is 10.0. The first-order valence-corrected chi connectivity index (χ1v) is 12.7. The highest BCUT2D eigenvalue weighted by atomic mass is 19.1. The summed E-state index contributed by atoms with van der Waals surface area (Å²) in [4.78, 5) is 11.5. The maximum Gasteiger partial charge on any atom is 0.131 e. The predicted molar refractivity (Wildman–Crippen MR) is 134 cm³/mol. The lowest BCUT2D eigenvalue weighted by atomic mass is 9.96. The summed E-state index contributed by atoms with van der Waals surface area (Å²) in [7, 11) is 0. The summed E-state index contributed by atoms with van der Waals surface area (Å²) in [6, 6.07) is 8.78. The third-order valence-corrected chi connectivity index (χ3v) is 7.36. The van der Waals surface area contributed by atoms with Gasteiger partial charge in [-0.1, -0.05) is 31.4 Å². The summed E-state index contributed by atoms with van der Waals surface area (Å²) in [6.07, 6.45) is 11.6. The van der Waals surface area contributed by atoms with Gasteiger partial charge in [-0.3, -0.25) is 14.6 Å². The lowest BCUT2D eigenvalue weighted by Gasteiger charge is -2.27. The molecule has 186 valence electrons. The van der Waals surface area contributed by atoms with Crippen molar-refractivity contribution in [1.82, 2.24) is 24.6 Å². The van der Waals surface area contributed by atoms with Gasteiger partial charge in [0.1, 0.15) is 11.6 Å². The average Bonchev–Trinajstić information content (AvgIpc) is 3.42. The molecule has 36 heavy (non-hydrogen) atoms. The van der Waals surface area contributed by atoms with Crippen molar-refractivity contribution in [3.05, 3.63) is 66.1 Å². The van der Waals surface area contributed by atoms with Crippen molar-refractivity contribution in [2.75, 3.05) is 26.3 Å². The Morgan fingerprint density at radius 2 is 1.72 bits per heavy atom. The molecule has 0 unspecified atom stereocenters. The van der Waals surface area contributed by atoms with Gasteiger partial charge >= 0.3 is 0 Å².